The summed E-state index contributed by atoms with van der Waals surface area (Å²) in [7, 11) is 0. The van der Waals surface area contributed by atoms with E-state index in [1.807, 2.05) is 0 Å². The van der Waals surface area contributed by atoms with Crippen LogP contribution in [0.4, 0.5) is 10.3 Å². The van der Waals surface area contributed by atoms with Crippen LogP contribution in [-0.2, 0) is 11.3 Å². The highest BCUT2D eigenvalue weighted by Crippen LogP contribution is 2.15. The highest BCUT2D eigenvalue weighted by molar-refractivity contribution is 7.99. The zero-order chi connectivity index (χ0) is 16.7. The molecule has 3 N–H and O–H groups in total. The molecule has 6 nitrogen and oxygen atoms in total. The van der Waals surface area contributed by atoms with Gasteiger partial charge in [-0.2, -0.15) is 4.98 Å². The second-order valence-corrected chi connectivity index (χ2v) is 6.03. The second kappa shape index (κ2) is 8.52. The van der Waals surface area contributed by atoms with E-state index < -0.39 is 0 Å². The molecule has 0 unspecified atom stereocenters. The molecule has 0 spiro atoms. The highest BCUT2D eigenvalue weighted by atomic mass is 32.2. The summed E-state index contributed by atoms with van der Waals surface area (Å²) < 4.78 is 13.0. The van der Waals surface area contributed by atoms with Crippen molar-refractivity contribution >= 4 is 23.6 Å². The number of nitrogen functional groups attached to an aromatic ring is 1. The van der Waals surface area contributed by atoms with Gasteiger partial charge in [0.2, 0.25) is 17.0 Å². The fraction of sp³-hybridized carbons (Fsp3) is 0.400. The summed E-state index contributed by atoms with van der Waals surface area (Å²) >= 11 is 1.24. The molecule has 0 fully saturated rings. The number of aromatic nitrogens is 3. The number of unbranched alkanes of at least 4 members (excludes halogenated alkanes) is 1. The lowest BCUT2D eigenvalue weighted by atomic mass is 10.2. The Balaban J connectivity index is 1.95. The molecule has 0 saturated carbocycles. The van der Waals surface area contributed by atoms with Gasteiger partial charge in [0, 0.05) is 13.1 Å². The lowest BCUT2D eigenvalue weighted by Gasteiger charge is -2.22. The van der Waals surface area contributed by atoms with Crippen molar-refractivity contribution in [2.24, 2.45) is 0 Å². The predicted octanol–water partition coefficient (Wildman–Crippen LogP) is 2.45. The average molecular weight is 337 g/mol. The molecule has 124 valence electrons. The maximum absolute atomic E-state index is 13.0. The van der Waals surface area contributed by atoms with Crippen LogP contribution in [0.5, 0.6) is 0 Å². The van der Waals surface area contributed by atoms with E-state index in [0.717, 1.165) is 18.4 Å². The van der Waals surface area contributed by atoms with E-state index in [-0.39, 0.29) is 23.4 Å². The summed E-state index contributed by atoms with van der Waals surface area (Å²) in [5, 5.41) is 6.88. The van der Waals surface area contributed by atoms with Gasteiger partial charge in [-0.15, -0.1) is 5.10 Å². The number of halogens is 1. The van der Waals surface area contributed by atoms with E-state index in [1.165, 1.54) is 23.9 Å². The number of anilines is 1. The van der Waals surface area contributed by atoms with Crippen molar-refractivity contribution in [1.82, 2.24) is 20.1 Å². The number of hydrogen-bond donors (Lipinski definition) is 2. The molecule has 0 radical (unpaired) electrons. The van der Waals surface area contributed by atoms with Crippen molar-refractivity contribution in [3.8, 4) is 0 Å². The molecule has 2 aromatic rings. The first kappa shape index (κ1) is 17.3. The van der Waals surface area contributed by atoms with Gasteiger partial charge in [-0.1, -0.05) is 37.2 Å². The summed E-state index contributed by atoms with van der Waals surface area (Å²) in [5.41, 5.74) is 6.36. The lowest BCUT2D eigenvalue weighted by molar-refractivity contribution is -0.129. The van der Waals surface area contributed by atoms with Gasteiger partial charge in [0.05, 0.1) is 5.75 Å². The van der Waals surface area contributed by atoms with Gasteiger partial charge in [-0.05, 0) is 24.1 Å². The van der Waals surface area contributed by atoms with E-state index in [0.29, 0.717) is 18.2 Å². The lowest BCUT2D eigenvalue weighted by Crippen LogP contribution is -2.33. The van der Waals surface area contributed by atoms with Crippen LogP contribution in [0.15, 0.2) is 29.4 Å². The number of benzene rings is 1. The Kier molecular flexibility index (Phi) is 6.40. The zero-order valence-corrected chi connectivity index (χ0v) is 13.8. The fourth-order valence-electron chi connectivity index (χ4n) is 1.99. The Morgan fingerprint density at radius 2 is 2.13 bits per heavy atom. The Bertz CT molecular complexity index is 631. The van der Waals surface area contributed by atoms with Crippen molar-refractivity contribution in [2.45, 2.75) is 31.5 Å². The van der Waals surface area contributed by atoms with Gasteiger partial charge in [-0.3, -0.25) is 4.79 Å². The summed E-state index contributed by atoms with van der Waals surface area (Å²) in [4.78, 5) is 18.2. The number of hydrogen-bond acceptors (Lipinski definition) is 5. The fourth-order valence-corrected chi connectivity index (χ4v) is 2.70. The maximum atomic E-state index is 13.0. The average Bonchev–Trinajstić information content (AvgIpc) is 2.96. The molecule has 0 atom stereocenters. The van der Waals surface area contributed by atoms with Crippen molar-refractivity contribution in [2.75, 3.05) is 18.0 Å². The van der Waals surface area contributed by atoms with Crippen LogP contribution in [0.2, 0.25) is 0 Å². The van der Waals surface area contributed by atoms with Gasteiger partial charge in [0.25, 0.3) is 0 Å². The molecule has 1 aromatic carbocycles. The van der Waals surface area contributed by atoms with Crippen molar-refractivity contribution < 1.29 is 9.18 Å². The zero-order valence-electron chi connectivity index (χ0n) is 13.0. The third kappa shape index (κ3) is 5.55. The van der Waals surface area contributed by atoms with Gasteiger partial charge < -0.3 is 10.6 Å². The molecule has 0 aliphatic heterocycles. The number of rotatable bonds is 8. The first-order chi connectivity index (χ1) is 11.1. The second-order valence-electron chi connectivity index (χ2n) is 5.09. The Morgan fingerprint density at radius 1 is 1.39 bits per heavy atom. The van der Waals surface area contributed by atoms with E-state index in [9.17, 15) is 9.18 Å². The predicted molar refractivity (Wildman–Crippen MR) is 88.2 cm³/mol. The topological polar surface area (TPSA) is 87.9 Å². The van der Waals surface area contributed by atoms with Gasteiger partial charge in [0.15, 0.2) is 0 Å². The third-order valence-corrected chi connectivity index (χ3v) is 4.06. The summed E-state index contributed by atoms with van der Waals surface area (Å²) in [6.45, 7) is 3.21. The normalized spacial score (nSPS) is 10.7. The SMILES string of the molecule is CCCCN(Cc1ccc(F)cc1)C(=O)CSc1n[nH]c(N)n1. The molecule has 1 heterocycles. The van der Waals surface area contributed by atoms with Crippen molar-refractivity contribution in [3.05, 3.63) is 35.6 Å². The van der Waals surface area contributed by atoms with Gasteiger partial charge in [-0.25, -0.2) is 9.49 Å². The van der Waals surface area contributed by atoms with Crippen LogP contribution in [0.3, 0.4) is 0 Å². The number of nitrogens with two attached hydrogens (primary N) is 1. The number of aromatic amines is 1. The summed E-state index contributed by atoms with van der Waals surface area (Å²) in [6, 6.07) is 6.21. The van der Waals surface area contributed by atoms with Crippen LogP contribution in [0.25, 0.3) is 0 Å². The monoisotopic (exact) mass is 337 g/mol. The molecular weight excluding hydrogens is 317 g/mol. The minimum Gasteiger partial charge on any atom is -0.368 e. The summed E-state index contributed by atoms with van der Waals surface area (Å²) in [6.07, 6.45) is 1.92. The van der Waals surface area contributed by atoms with E-state index in [1.54, 1.807) is 17.0 Å². The number of carbonyl (C=O) groups is 1. The number of thioether (sulfide) groups is 1. The molecule has 2 rings (SSSR count). The molecular formula is C15H20FN5OS. The van der Waals surface area contributed by atoms with E-state index in [2.05, 4.69) is 22.1 Å². The van der Waals surface area contributed by atoms with Crippen LogP contribution < -0.4 is 5.73 Å². The molecule has 8 heteroatoms. The minimum atomic E-state index is -0.280. The first-order valence-electron chi connectivity index (χ1n) is 7.41. The maximum Gasteiger partial charge on any atom is 0.233 e. The van der Waals surface area contributed by atoms with E-state index in [4.69, 9.17) is 5.73 Å². The van der Waals surface area contributed by atoms with E-state index >= 15 is 0 Å². The first-order valence-corrected chi connectivity index (χ1v) is 8.40. The molecule has 0 bridgehead atoms. The molecule has 1 aromatic heterocycles. The van der Waals surface area contributed by atoms with Crippen LogP contribution in [-0.4, -0.2) is 38.3 Å². The number of nitrogens with zero attached hydrogens (tertiary/aromatic N) is 3. The Morgan fingerprint density at radius 3 is 2.74 bits per heavy atom. The number of nitrogens with one attached hydrogen (secondary N) is 1. The largest absolute Gasteiger partial charge is 0.368 e. The molecule has 0 aliphatic rings. The van der Waals surface area contributed by atoms with Crippen molar-refractivity contribution in [3.63, 3.8) is 0 Å². The molecule has 23 heavy (non-hydrogen) atoms. The van der Waals surface area contributed by atoms with Crippen LogP contribution in [0.1, 0.15) is 25.3 Å². The summed E-state index contributed by atoms with van der Waals surface area (Å²) in [5.74, 6) is 0.186. The number of amides is 1. The van der Waals surface area contributed by atoms with Gasteiger partial charge in [0.1, 0.15) is 5.82 Å². The highest BCUT2D eigenvalue weighted by Gasteiger charge is 2.15. The third-order valence-electron chi connectivity index (χ3n) is 3.23. The van der Waals surface area contributed by atoms with Crippen LogP contribution in [0, 0.1) is 5.82 Å². The number of carbonyl (C=O) groups excluding carboxylic acids is 1. The quantitative estimate of drug-likeness (QED) is 0.722. The molecule has 0 aliphatic carbocycles. The molecule has 0 saturated heterocycles. The van der Waals surface area contributed by atoms with Crippen molar-refractivity contribution in [1.29, 1.82) is 0 Å². The van der Waals surface area contributed by atoms with Crippen LogP contribution >= 0.6 is 11.8 Å². The Hall–Kier alpha value is -2.09. The number of H-pyrrole nitrogens is 1. The van der Waals surface area contributed by atoms with Gasteiger partial charge >= 0.3 is 0 Å². The Labute approximate surface area is 138 Å². The standard InChI is InChI=1S/C15H20FN5OS/c1-2-3-8-21(9-11-4-6-12(16)7-5-11)13(22)10-23-15-18-14(17)19-20-15/h4-7H,2-3,8-10H2,1H3,(H3,17,18,19,20). The molecule has 1 amide bonds. The smallest absolute Gasteiger partial charge is 0.233 e. The minimum absolute atomic E-state index is 0.00357.